The quantitative estimate of drug-likeness (QED) is 0.150. The second-order valence-electron chi connectivity index (χ2n) is 7.33. The summed E-state index contributed by atoms with van der Waals surface area (Å²) in [5.41, 5.74) is 0. The van der Waals surface area contributed by atoms with Crippen LogP contribution in [0.2, 0.25) is 38.3 Å². The predicted molar refractivity (Wildman–Crippen MR) is 110 cm³/mol. The zero-order valence-electron chi connectivity index (χ0n) is 14.6. The molecule has 0 amide bonds. The molecule has 0 aromatic rings. The maximum Gasteiger partial charge on any atom is 0.173 e. The number of alkyl halides is 2. The van der Waals surface area contributed by atoms with Crippen molar-refractivity contribution in [3.8, 4) is 0 Å². The number of hydrogen-bond donors (Lipinski definition) is 0. The van der Waals surface area contributed by atoms with Crippen LogP contribution in [0.3, 0.4) is 0 Å². The smallest absolute Gasteiger partial charge is 0.173 e. The highest BCUT2D eigenvalue weighted by Gasteiger charge is 2.31. The highest BCUT2D eigenvalue weighted by Crippen LogP contribution is 2.25. The van der Waals surface area contributed by atoms with Gasteiger partial charge in [-0.05, 0) is 51.1 Å². The van der Waals surface area contributed by atoms with E-state index in [1.165, 1.54) is 63.5 Å². The van der Waals surface area contributed by atoms with E-state index in [1.807, 2.05) is 0 Å². The lowest BCUT2D eigenvalue weighted by Gasteiger charge is -2.34. The predicted octanol–water partition coefficient (Wildman–Crippen LogP) is 7.32. The summed E-state index contributed by atoms with van der Waals surface area (Å²) in [5, 5.41) is 2.30. The molecular formula is C16H36Br2OSi2. The van der Waals surface area contributed by atoms with Crippen LogP contribution >= 0.6 is 31.9 Å². The zero-order valence-corrected chi connectivity index (χ0v) is 19.8. The maximum absolute atomic E-state index is 6.70. The van der Waals surface area contributed by atoms with E-state index in [2.05, 4.69) is 58.0 Å². The molecule has 0 N–H and O–H groups in total. The van der Waals surface area contributed by atoms with Gasteiger partial charge >= 0.3 is 0 Å². The van der Waals surface area contributed by atoms with Crippen LogP contribution in [0.1, 0.15) is 51.4 Å². The molecule has 0 aliphatic heterocycles. The molecule has 0 radical (unpaired) electrons. The summed E-state index contributed by atoms with van der Waals surface area (Å²) >= 11 is 7.01. The fraction of sp³-hybridized carbons (Fsp3) is 1.00. The van der Waals surface area contributed by atoms with Crippen LogP contribution < -0.4 is 0 Å². The van der Waals surface area contributed by atoms with Crippen LogP contribution in [-0.4, -0.2) is 27.3 Å². The standard InChI is InChI=1S/C16H36Br2OSi2/c1-20(2,15-11-7-5-9-13-17)19-21(3,4)16-12-8-6-10-14-18/h5-16H2,1-4H3. The van der Waals surface area contributed by atoms with Gasteiger partial charge in [0.05, 0.1) is 0 Å². The minimum Gasteiger partial charge on any atom is -0.455 e. The first-order valence-electron chi connectivity index (χ1n) is 8.65. The summed E-state index contributed by atoms with van der Waals surface area (Å²) in [6, 6.07) is 2.69. The number of unbranched alkanes of at least 4 members (excludes halogenated alkanes) is 6. The molecule has 0 rings (SSSR count). The normalized spacial score (nSPS) is 12.9. The van der Waals surface area contributed by atoms with Crippen molar-refractivity contribution in [3.05, 3.63) is 0 Å². The minimum atomic E-state index is -1.43. The van der Waals surface area contributed by atoms with Crippen molar-refractivity contribution < 1.29 is 4.12 Å². The molecule has 5 heteroatoms. The lowest BCUT2D eigenvalue weighted by molar-refractivity contribution is 0.523. The van der Waals surface area contributed by atoms with Gasteiger partial charge in [0.15, 0.2) is 16.6 Å². The van der Waals surface area contributed by atoms with Gasteiger partial charge in [0.25, 0.3) is 0 Å². The topological polar surface area (TPSA) is 9.23 Å². The van der Waals surface area contributed by atoms with Crippen molar-refractivity contribution in [1.82, 2.24) is 0 Å². The summed E-state index contributed by atoms with van der Waals surface area (Å²) in [7, 11) is -2.86. The molecule has 128 valence electrons. The molecule has 1 nitrogen and oxygen atoms in total. The van der Waals surface area contributed by atoms with Crippen LogP contribution in [0.4, 0.5) is 0 Å². The van der Waals surface area contributed by atoms with E-state index in [0.29, 0.717) is 0 Å². The largest absolute Gasteiger partial charge is 0.455 e. The molecule has 0 aliphatic rings. The molecule has 0 saturated carbocycles. The van der Waals surface area contributed by atoms with E-state index in [0.717, 1.165) is 10.7 Å². The maximum atomic E-state index is 6.70. The van der Waals surface area contributed by atoms with Gasteiger partial charge in [0.1, 0.15) is 0 Å². The van der Waals surface area contributed by atoms with Crippen LogP contribution in [0.5, 0.6) is 0 Å². The highest BCUT2D eigenvalue weighted by molar-refractivity contribution is 9.09. The van der Waals surface area contributed by atoms with Gasteiger partial charge in [0.2, 0.25) is 0 Å². The van der Waals surface area contributed by atoms with Crippen LogP contribution in [0.15, 0.2) is 0 Å². The first-order chi connectivity index (χ1) is 9.83. The fourth-order valence-electron chi connectivity index (χ4n) is 2.85. The van der Waals surface area contributed by atoms with Crippen molar-refractivity contribution in [2.24, 2.45) is 0 Å². The molecule has 0 aliphatic carbocycles. The molecule has 0 heterocycles. The SMILES string of the molecule is C[Si](C)(CCCCCCBr)O[Si](C)(C)CCCCCCBr. The Bertz CT molecular complexity index is 224. The molecule has 0 saturated heterocycles. The van der Waals surface area contributed by atoms with Gasteiger partial charge in [-0.2, -0.15) is 0 Å². The Hall–Kier alpha value is 1.35. The van der Waals surface area contributed by atoms with Gasteiger partial charge in [-0.15, -0.1) is 0 Å². The molecule has 21 heavy (non-hydrogen) atoms. The first kappa shape index (κ1) is 22.4. The van der Waals surface area contributed by atoms with E-state index in [1.54, 1.807) is 0 Å². The van der Waals surface area contributed by atoms with Gasteiger partial charge in [-0.3, -0.25) is 0 Å². The summed E-state index contributed by atoms with van der Waals surface area (Å²) in [4.78, 5) is 0. The summed E-state index contributed by atoms with van der Waals surface area (Å²) in [6.45, 7) is 9.71. The second-order valence-corrected chi connectivity index (χ2v) is 17.8. The number of halogens is 2. The Kier molecular flexibility index (Phi) is 13.6. The average Bonchev–Trinajstić information content (AvgIpc) is 2.36. The molecule has 0 spiro atoms. The third-order valence-electron chi connectivity index (χ3n) is 3.88. The summed E-state index contributed by atoms with van der Waals surface area (Å²) in [6.07, 6.45) is 10.8. The second kappa shape index (κ2) is 12.7. The molecule has 0 atom stereocenters. The van der Waals surface area contributed by atoms with E-state index < -0.39 is 16.6 Å². The van der Waals surface area contributed by atoms with Crippen LogP contribution in [0.25, 0.3) is 0 Å². The molecule has 0 aromatic heterocycles. The molecule has 0 bridgehead atoms. The van der Waals surface area contributed by atoms with E-state index in [4.69, 9.17) is 4.12 Å². The zero-order chi connectivity index (χ0) is 16.2. The van der Waals surface area contributed by atoms with Crippen molar-refractivity contribution in [3.63, 3.8) is 0 Å². The monoisotopic (exact) mass is 458 g/mol. The lowest BCUT2D eigenvalue weighted by atomic mass is 10.2. The van der Waals surface area contributed by atoms with Crippen molar-refractivity contribution >= 4 is 48.5 Å². The molecule has 0 unspecified atom stereocenters. The number of hydrogen-bond acceptors (Lipinski definition) is 1. The van der Waals surface area contributed by atoms with Crippen molar-refractivity contribution in [2.75, 3.05) is 10.7 Å². The third kappa shape index (κ3) is 14.7. The van der Waals surface area contributed by atoms with Gasteiger partial charge in [-0.1, -0.05) is 70.4 Å². The van der Waals surface area contributed by atoms with Gasteiger partial charge < -0.3 is 4.12 Å². The third-order valence-corrected chi connectivity index (χ3v) is 12.5. The van der Waals surface area contributed by atoms with Crippen molar-refractivity contribution in [2.45, 2.75) is 89.6 Å². The van der Waals surface area contributed by atoms with Crippen molar-refractivity contribution in [1.29, 1.82) is 0 Å². The highest BCUT2D eigenvalue weighted by atomic mass is 79.9. The Morgan fingerprint density at radius 2 is 0.905 bits per heavy atom. The first-order valence-corrected chi connectivity index (χ1v) is 17.1. The van der Waals surface area contributed by atoms with Gasteiger partial charge in [-0.25, -0.2) is 0 Å². The number of rotatable bonds is 14. The fourth-order valence-corrected chi connectivity index (χ4v) is 12.6. The summed E-state index contributed by atoms with van der Waals surface area (Å²) in [5.74, 6) is 0. The Labute approximate surface area is 152 Å². The Morgan fingerprint density at radius 1 is 0.571 bits per heavy atom. The molecular weight excluding hydrogens is 424 g/mol. The minimum absolute atomic E-state index is 1.15. The van der Waals surface area contributed by atoms with E-state index >= 15 is 0 Å². The van der Waals surface area contributed by atoms with Crippen LogP contribution in [-0.2, 0) is 4.12 Å². The average molecular weight is 460 g/mol. The Balaban J connectivity index is 3.87. The summed E-state index contributed by atoms with van der Waals surface area (Å²) < 4.78 is 6.70. The van der Waals surface area contributed by atoms with E-state index in [9.17, 15) is 0 Å². The molecule has 0 aromatic carbocycles. The lowest BCUT2D eigenvalue weighted by Crippen LogP contribution is -2.44. The van der Waals surface area contributed by atoms with Gasteiger partial charge in [0, 0.05) is 10.7 Å². The Morgan fingerprint density at radius 3 is 1.24 bits per heavy atom. The van der Waals surface area contributed by atoms with Crippen LogP contribution in [0, 0.1) is 0 Å². The van der Waals surface area contributed by atoms with E-state index in [-0.39, 0.29) is 0 Å². The molecule has 0 fully saturated rings.